The average Bonchev–Trinajstić information content (AvgIpc) is 3.25. The lowest BCUT2D eigenvalue weighted by atomic mass is 9.46. The Morgan fingerprint density at radius 2 is 1.95 bits per heavy atom. The van der Waals surface area contributed by atoms with Gasteiger partial charge in [0.15, 0.2) is 17.9 Å². The van der Waals surface area contributed by atoms with Crippen molar-refractivity contribution < 1.29 is 29.6 Å². The van der Waals surface area contributed by atoms with Crippen molar-refractivity contribution >= 4 is 17.3 Å². The smallest absolute Gasteiger partial charge is 0.181 e. The summed E-state index contributed by atoms with van der Waals surface area (Å²) in [6.07, 6.45) is 5.89. The summed E-state index contributed by atoms with van der Waals surface area (Å²) in [4.78, 5) is 25.5. The van der Waals surface area contributed by atoms with E-state index in [0.29, 0.717) is 30.5 Å². The number of carbonyl (C=O) groups is 2. The van der Waals surface area contributed by atoms with Crippen molar-refractivity contribution in [2.45, 2.75) is 64.4 Å². The van der Waals surface area contributed by atoms with Crippen LogP contribution in [0, 0.1) is 34.5 Å². The molecule has 2 aromatic rings. The fourth-order valence-electron chi connectivity index (χ4n) is 9.14. The first kappa shape index (κ1) is 29.0. The van der Waals surface area contributed by atoms with Gasteiger partial charge < -0.3 is 25.8 Å². The Morgan fingerprint density at radius 1 is 1.17 bits per heavy atom. The Bertz CT molecular complexity index is 1450. The average molecular weight is 572 g/mol. The van der Waals surface area contributed by atoms with Gasteiger partial charge in [-0.2, -0.15) is 0 Å². The number of nitrogens with two attached hydrogens (primary N) is 1. The molecule has 3 saturated carbocycles. The van der Waals surface area contributed by atoms with E-state index >= 15 is 0 Å². The highest BCUT2D eigenvalue weighted by atomic mass is 16.6. The number of ether oxygens (including phenoxy) is 1. The highest BCUT2D eigenvalue weighted by molar-refractivity contribution is 6.01. The van der Waals surface area contributed by atoms with Crippen LogP contribution < -0.4 is 5.73 Å². The van der Waals surface area contributed by atoms with Crippen LogP contribution in [0.2, 0.25) is 0 Å². The Hall–Kier alpha value is -3.10. The third-order valence-corrected chi connectivity index (χ3v) is 11.0. The monoisotopic (exact) mass is 571 g/mol. The Labute approximate surface area is 247 Å². The topological polar surface area (TPSA) is 130 Å². The van der Waals surface area contributed by atoms with Gasteiger partial charge in [0, 0.05) is 22.6 Å². The van der Waals surface area contributed by atoms with E-state index in [1.54, 1.807) is 18.2 Å². The number of Topliss-reactive ketones (excluding diaryl/α,β-unsaturated/α-hetero) is 1. The minimum absolute atomic E-state index is 0.00991. The number of hydrogen-bond acceptors (Lipinski definition) is 7. The van der Waals surface area contributed by atoms with E-state index < -0.39 is 41.9 Å². The summed E-state index contributed by atoms with van der Waals surface area (Å²) >= 11 is 0. The molecule has 0 aromatic heterocycles. The lowest BCUT2D eigenvalue weighted by Crippen LogP contribution is -2.56. The molecule has 7 nitrogen and oxygen atoms in total. The van der Waals surface area contributed by atoms with E-state index in [9.17, 15) is 24.9 Å². The number of fused-ring (bicyclic) bond motifs is 5. The second-order valence-corrected chi connectivity index (χ2v) is 13.3. The van der Waals surface area contributed by atoms with Crippen molar-refractivity contribution in [2.75, 3.05) is 12.3 Å². The second kappa shape index (κ2) is 10.9. The number of aliphatic hydroxyl groups excluding tert-OH is 3. The second-order valence-electron chi connectivity index (χ2n) is 13.3. The van der Waals surface area contributed by atoms with Crippen LogP contribution in [0.1, 0.15) is 62.5 Å². The van der Waals surface area contributed by atoms with Crippen molar-refractivity contribution in [3.63, 3.8) is 0 Å². The maximum atomic E-state index is 13.3. The van der Waals surface area contributed by atoms with E-state index in [-0.39, 0.29) is 29.3 Å². The largest absolute Gasteiger partial charge is 0.398 e. The molecular weight excluding hydrogens is 530 g/mol. The van der Waals surface area contributed by atoms with E-state index in [4.69, 9.17) is 10.5 Å². The maximum Gasteiger partial charge on any atom is 0.181 e. The molecule has 0 spiro atoms. The van der Waals surface area contributed by atoms with Gasteiger partial charge in [-0.25, -0.2) is 0 Å². The molecule has 0 amide bonds. The fourth-order valence-corrected chi connectivity index (χ4v) is 9.14. The lowest BCUT2D eigenvalue weighted by molar-refractivity contribution is -0.167. The van der Waals surface area contributed by atoms with Crippen LogP contribution in [0.4, 0.5) is 5.69 Å². The summed E-state index contributed by atoms with van der Waals surface area (Å²) < 4.78 is 6.33. The number of benzene rings is 2. The Morgan fingerprint density at radius 3 is 2.71 bits per heavy atom. The predicted molar refractivity (Wildman–Crippen MR) is 159 cm³/mol. The molecule has 0 saturated heterocycles. The lowest BCUT2D eigenvalue weighted by Gasteiger charge is -2.58. The molecule has 4 aliphatic carbocycles. The number of para-hydroxylation sites is 1. The molecule has 6 rings (SSSR count). The minimum Gasteiger partial charge on any atom is -0.398 e. The van der Waals surface area contributed by atoms with Gasteiger partial charge in [0.1, 0.15) is 6.61 Å². The van der Waals surface area contributed by atoms with Gasteiger partial charge >= 0.3 is 0 Å². The van der Waals surface area contributed by atoms with Crippen LogP contribution in [-0.4, -0.2) is 45.7 Å². The van der Waals surface area contributed by atoms with Crippen molar-refractivity contribution in [1.29, 1.82) is 0 Å². The van der Waals surface area contributed by atoms with Gasteiger partial charge in [-0.1, -0.05) is 68.0 Å². The molecule has 3 fully saturated rings. The zero-order valence-corrected chi connectivity index (χ0v) is 24.3. The van der Waals surface area contributed by atoms with Gasteiger partial charge in [-0.3, -0.25) is 9.59 Å². The molecule has 9 atom stereocenters. The minimum atomic E-state index is -1.26. The molecule has 5 N–H and O–H groups in total. The number of nitrogen functional groups attached to an aromatic ring is 1. The van der Waals surface area contributed by atoms with Crippen molar-refractivity contribution in [3.05, 3.63) is 89.0 Å². The first-order valence-electron chi connectivity index (χ1n) is 15.1. The van der Waals surface area contributed by atoms with E-state index in [1.165, 1.54) is 0 Å². The van der Waals surface area contributed by atoms with Crippen molar-refractivity contribution in [2.24, 2.45) is 34.5 Å². The number of aliphatic hydroxyl groups is 3. The van der Waals surface area contributed by atoms with Crippen LogP contribution in [0.15, 0.2) is 72.3 Å². The van der Waals surface area contributed by atoms with Crippen LogP contribution in [0.25, 0.3) is 0 Å². The molecule has 0 aliphatic heterocycles. The predicted octanol–water partition coefficient (Wildman–Crippen LogP) is 4.30. The summed E-state index contributed by atoms with van der Waals surface area (Å²) in [5.41, 5.74) is 9.47. The highest BCUT2D eigenvalue weighted by Gasteiger charge is 2.65. The van der Waals surface area contributed by atoms with E-state index in [2.05, 4.69) is 6.92 Å². The van der Waals surface area contributed by atoms with E-state index in [1.807, 2.05) is 55.5 Å². The summed E-state index contributed by atoms with van der Waals surface area (Å²) in [6, 6.07) is 15.2. The highest BCUT2D eigenvalue weighted by Crippen LogP contribution is 2.66. The third-order valence-electron chi connectivity index (χ3n) is 11.0. The third kappa shape index (κ3) is 4.77. The summed E-state index contributed by atoms with van der Waals surface area (Å²) in [6.45, 7) is 3.55. The van der Waals surface area contributed by atoms with Crippen LogP contribution in [0.5, 0.6) is 0 Å². The van der Waals surface area contributed by atoms with Crippen LogP contribution in [0.3, 0.4) is 0 Å². The van der Waals surface area contributed by atoms with Crippen LogP contribution >= 0.6 is 0 Å². The quantitative estimate of drug-likeness (QED) is 0.288. The molecule has 7 heteroatoms. The van der Waals surface area contributed by atoms with Crippen molar-refractivity contribution in [1.82, 2.24) is 0 Å². The number of carbonyl (C=O) groups excluding carboxylic acids is 2. The number of ketones is 2. The Kier molecular flexibility index (Phi) is 7.50. The zero-order valence-electron chi connectivity index (χ0n) is 24.3. The summed E-state index contributed by atoms with van der Waals surface area (Å²) in [7, 11) is 0. The molecule has 2 aromatic carbocycles. The molecule has 0 heterocycles. The zero-order chi connectivity index (χ0) is 29.8. The number of hydrogen-bond donors (Lipinski definition) is 4. The maximum absolute atomic E-state index is 13.3. The first-order valence-corrected chi connectivity index (χ1v) is 15.1. The SMILES string of the molecule is C[C@]12C=CC(=O)C=C1CC[C@@H]1C2[C@@H](O)C[C@@]2(C)C1C[C@@H](O[C@@H](O)c1cccc(Cc3ccccc3N)c1)[C@@H]2C(=O)CO. The number of rotatable bonds is 7. The van der Waals surface area contributed by atoms with Gasteiger partial charge in [0.05, 0.1) is 18.1 Å². The molecular formula is C35H41NO6. The molecule has 0 bridgehead atoms. The van der Waals surface area contributed by atoms with E-state index in [0.717, 1.165) is 29.5 Å². The molecule has 2 unspecified atom stereocenters. The molecule has 42 heavy (non-hydrogen) atoms. The first-order chi connectivity index (χ1) is 20.0. The molecule has 4 aliphatic rings. The summed E-state index contributed by atoms with van der Waals surface area (Å²) in [5, 5.41) is 33.0. The molecule has 222 valence electrons. The Balaban J connectivity index is 1.27. The number of allylic oxidation sites excluding steroid dienone is 4. The fraction of sp³-hybridized carbons (Fsp3) is 0.486. The van der Waals surface area contributed by atoms with Gasteiger partial charge in [-0.05, 0) is 78.7 Å². The summed E-state index contributed by atoms with van der Waals surface area (Å²) in [5.74, 6) is -0.904. The van der Waals surface area contributed by atoms with Crippen LogP contribution in [-0.2, 0) is 20.7 Å². The van der Waals surface area contributed by atoms with Gasteiger partial charge in [-0.15, -0.1) is 0 Å². The number of anilines is 1. The van der Waals surface area contributed by atoms with Gasteiger partial charge in [0.25, 0.3) is 0 Å². The van der Waals surface area contributed by atoms with Gasteiger partial charge in [0.2, 0.25) is 0 Å². The normalized spacial score (nSPS) is 36.0. The van der Waals surface area contributed by atoms with Crippen molar-refractivity contribution in [3.8, 4) is 0 Å². The molecule has 0 radical (unpaired) electrons. The standard InChI is InChI=1S/C35H41NO6/c1-34-13-12-24(38)16-23(34)10-11-25-26-17-30(32(29(40)19-37)35(26,2)18-28(39)31(25)34)42-33(41)22-8-5-6-20(15-22)14-21-7-3-4-9-27(21)36/h3-9,12-13,15-16,25-26,28,30-33,37,39,41H,10-11,14,17-19,36H2,1-2H3/t25-,26?,28-,30+,31?,32-,33+,34-,35-/m0/s1.